The lowest BCUT2D eigenvalue weighted by Crippen LogP contribution is -2.16. The van der Waals surface area contributed by atoms with Crippen LogP contribution in [0.25, 0.3) is 0 Å². The Balaban J connectivity index is 1.66. The molecule has 0 fully saturated rings. The van der Waals surface area contributed by atoms with Crippen molar-refractivity contribution >= 4 is 0 Å². The summed E-state index contributed by atoms with van der Waals surface area (Å²) in [5.41, 5.74) is 8.27. The van der Waals surface area contributed by atoms with Gasteiger partial charge in [-0.15, -0.1) is 0 Å². The lowest BCUT2D eigenvalue weighted by Gasteiger charge is -2.27. The zero-order chi connectivity index (χ0) is 12.7. The first-order valence-electron chi connectivity index (χ1n) is 7.56. The highest BCUT2D eigenvalue weighted by Gasteiger charge is 2.28. The summed E-state index contributed by atoms with van der Waals surface area (Å²) in [6.07, 6.45) is 14.6. The third-order valence-corrected chi connectivity index (χ3v) is 5.03. The number of fused-ring (bicyclic) bond motifs is 2. The quantitative estimate of drug-likeness (QED) is 0.671. The minimum atomic E-state index is 0.808. The third-order valence-electron chi connectivity index (χ3n) is 5.03. The van der Waals surface area contributed by atoms with Gasteiger partial charge >= 0.3 is 0 Å². The molecule has 0 aromatic heterocycles. The fourth-order valence-electron chi connectivity index (χ4n) is 4.04. The van der Waals surface area contributed by atoms with Crippen LogP contribution in [-0.2, 0) is 12.8 Å². The van der Waals surface area contributed by atoms with Crippen LogP contribution >= 0.6 is 0 Å². The number of hydrogen-bond acceptors (Lipinski definition) is 0. The molecule has 0 saturated heterocycles. The molecule has 1 aromatic carbocycles. The summed E-state index contributed by atoms with van der Waals surface area (Å²) in [6, 6.07) is 9.03. The molecule has 1 aromatic rings. The van der Waals surface area contributed by atoms with Gasteiger partial charge < -0.3 is 0 Å². The fourth-order valence-corrected chi connectivity index (χ4v) is 4.04. The molecular weight excluding hydrogens is 228 g/mol. The van der Waals surface area contributed by atoms with E-state index in [0.29, 0.717) is 0 Å². The van der Waals surface area contributed by atoms with Gasteiger partial charge in [0.15, 0.2) is 0 Å². The van der Waals surface area contributed by atoms with Crippen molar-refractivity contribution in [1.29, 1.82) is 0 Å². The number of allylic oxidation sites excluding steroid dienone is 6. The van der Waals surface area contributed by atoms with Gasteiger partial charge in [-0.3, -0.25) is 0 Å². The second kappa shape index (κ2) is 4.52. The molecule has 96 valence electrons. The minimum absolute atomic E-state index is 0.808. The molecule has 0 aliphatic heterocycles. The van der Waals surface area contributed by atoms with E-state index in [1.54, 1.807) is 27.8 Å². The van der Waals surface area contributed by atoms with Crippen LogP contribution in [0.4, 0.5) is 0 Å². The van der Waals surface area contributed by atoms with Crippen molar-refractivity contribution in [1.82, 2.24) is 0 Å². The van der Waals surface area contributed by atoms with Crippen molar-refractivity contribution in [3.8, 4) is 0 Å². The first kappa shape index (κ1) is 11.3. The number of hydrogen-bond donors (Lipinski definition) is 0. The maximum Gasteiger partial charge on any atom is -0.00919 e. The normalized spacial score (nSPS) is 25.1. The van der Waals surface area contributed by atoms with Crippen molar-refractivity contribution < 1.29 is 0 Å². The topological polar surface area (TPSA) is 0 Å². The molecule has 19 heavy (non-hydrogen) atoms. The molecule has 0 saturated carbocycles. The number of benzene rings is 1. The first-order chi connectivity index (χ1) is 9.42. The Hall–Kier alpha value is -1.56. The van der Waals surface area contributed by atoms with Crippen LogP contribution in [0.3, 0.4) is 0 Å². The fraction of sp³-hybridized carbons (Fsp3) is 0.368. The van der Waals surface area contributed by atoms with Gasteiger partial charge in [0.1, 0.15) is 0 Å². The number of aryl methyl sites for hydroxylation is 1. The smallest absolute Gasteiger partial charge is 0.00919 e. The summed E-state index contributed by atoms with van der Waals surface area (Å²) >= 11 is 0. The van der Waals surface area contributed by atoms with Crippen molar-refractivity contribution in [2.45, 2.75) is 38.5 Å². The molecule has 4 rings (SSSR count). The second-order valence-corrected chi connectivity index (χ2v) is 6.04. The van der Waals surface area contributed by atoms with Crippen molar-refractivity contribution in [3.63, 3.8) is 0 Å². The Morgan fingerprint density at radius 2 is 1.84 bits per heavy atom. The van der Waals surface area contributed by atoms with Gasteiger partial charge in [0.25, 0.3) is 0 Å². The van der Waals surface area contributed by atoms with E-state index in [1.807, 2.05) is 0 Å². The Labute approximate surface area is 115 Å². The third kappa shape index (κ3) is 1.90. The average molecular weight is 248 g/mol. The average Bonchev–Trinajstić information content (AvgIpc) is 2.91. The van der Waals surface area contributed by atoms with Crippen LogP contribution in [-0.4, -0.2) is 0 Å². The molecule has 0 heteroatoms. The molecule has 1 atom stereocenters. The summed E-state index contributed by atoms with van der Waals surface area (Å²) in [5, 5.41) is 0. The van der Waals surface area contributed by atoms with Crippen molar-refractivity contribution in [3.05, 3.63) is 70.3 Å². The second-order valence-electron chi connectivity index (χ2n) is 6.04. The lowest BCUT2D eigenvalue weighted by atomic mass is 9.78. The largest absolute Gasteiger partial charge is 0.0801 e. The van der Waals surface area contributed by atoms with Gasteiger partial charge in [0.05, 0.1) is 0 Å². The van der Waals surface area contributed by atoms with E-state index in [4.69, 9.17) is 0 Å². The molecule has 3 aliphatic carbocycles. The highest BCUT2D eigenvalue weighted by Crippen LogP contribution is 2.43. The Morgan fingerprint density at radius 1 is 0.947 bits per heavy atom. The molecular formula is C19H20. The van der Waals surface area contributed by atoms with Crippen LogP contribution in [0, 0.1) is 5.92 Å². The van der Waals surface area contributed by atoms with Crippen molar-refractivity contribution in [2.24, 2.45) is 5.92 Å². The highest BCUT2D eigenvalue weighted by molar-refractivity contribution is 5.48. The SMILES string of the molecule is C1=CCC2=C(C3CCc4ccccc4C3)CCC2=C1. The first-order valence-corrected chi connectivity index (χ1v) is 7.56. The number of rotatable bonds is 1. The van der Waals surface area contributed by atoms with E-state index >= 15 is 0 Å². The summed E-state index contributed by atoms with van der Waals surface area (Å²) in [7, 11) is 0. The molecule has 0 spiro atoms. The van der Waals surface area contributed by atoms with Crippen molar-refractivity contribution in [2.75, 3.05) is 0 Å². The van der Waals surface area contributed by atoms with E-state index in [1.165, 1.54) is 38.5 Å². The highest BCUT2D eigenvalue weighted by atomic mass is 14.3. The maximum absolute atomic E-state index is 2.34. The minimum Gasteiger partial charge on any atom is -0.0801 e. The van der Waals surface area contributed by atoms with Gasteiger partial charge in [-0.1, -0.05) is 48.1 Å². The van der Waals surface area contributed by atoms with Crippen LogP contribution in [0.5, 0.6) is 0 Å². The summed E-state index contributed by atoms with van der Waals surface area (Å²) in [6.45, 7) is 0. The lowest BCUT2D eigenvalue weighted by molar-refractivity contribution is 0.512. The van der Waals surface area contributed by atoms with Gasteiger partial charge in [0, 0.05) is 0 Å². The van der Waals surface area contributed by atoms with Gasteiger partial charge in [-0.2, -0.15) is 0 Å². The molecule has 0 nitrogen and oxygen atoms in total. The Morgan fingerprint density at radius 3 is 2.79 bits per heavy atom. The molecule has 0 bridgehead atoms. The molecule has 0 N–H and O–H groups in total. The van der Waals surface area contributed by atoms with E-state index in [9.17, 15) is 0 Å². The Bertz CT molecular complexity index is 598. The van der Waals surface area contributed by atoms with Gasteiger partial charge in [-0.05, 0) is 66.7 Å². The predicted molar refractivity (Wildman–Crippen MR) is 80.1 cm³/mol. The monoisotopic (exact) mass is 248 g/mol. The summed E-state index contributed by atoms with van der Waals surface area (Å²) < 4.78 is 0. The summed E-state index contributed by atoms with van der Waals surface area (Å²) in [5.74, 6) is 0.808. The molecule has 0 radical (unpaired) electrons. The molecule has 0 amide bonds. The van der Waals surface area contributed by atoms with Gasteiger partial charge in [-0.25, -0.2) is 0 Å². The zero-order valence-corrected chi connectivity index (χ0v) is 11.4. The molecule has 0 heterocycles. The molecule has 3 aliphatic rings. The Kier molecular flexibility index (Phi) is 2.69. The van der Waals surface area contributed by atoms with E-state index in [0.717, 1.165) is 5.92 Å². The van der Waals surface area contributed by atoms with E-state index in [2.05, 4.69) is 42.5 Å². The molecule has 1 unspecified atom stereocenters. The van der Waals surface area contributed by atoms with E-state index in [-0.39, 0.29) is 0 Å². The van der Waals surface area contributed by atoms with Crippen LogP contribution in [0.15, 0.2) is 59.2 Å². The summed E-state index contributed by atoms with van der Waals surface area (Å²) in [4.78, 5) is 0. The van der Waals surface area contributed by atoms with Gasteiger partial charge in [0.2, 0.25) is 0 Å². The van der Waals surface area contributed by atoms with Crippen LogP contribution in [0.2, 0.25) is 0 Å². The van der Waals surface area contributed by atoms with Crippen LogP contribution in [0.1, 0.15) is 36.8 Å². The van der Waals surface area contributed by atoms with E-state index < -0.39 is 0 Å². The predicted octanol–water partition coefficient (Wildman–Crippen LogP) is 4.77. The standard InChI is InChI=1S/C19H20/c1-2-7-16-13-17(10-9-14(16)5-1)19-12-11-15-6-3-4-8-18(15)19/h1-7,17H,8-13H2. The van der Waals surface area contributed by atoms with Crippen LogP contribution < -0.4 is 0 Å². The maximum atomic E-state index is 2.34. The zero-order valence-electron chi connectivity index (χ0n) is 11.4.